The van der Waals surface area contributed by atoms with Gasteiger partial charge in [-0.3, -0.25) is 9.59 Å². The average molecular weight is 464 g/mol. The molecule has 0 aliphatic rings. The lowest BCUT2D eigenvalue weighted by atomic mass is 10.1. The number of nitrogens with two attached hydrogens (primary N) is 1. The second-order valence-electron chi connectivity index (χ2n) is 6.39. The van der Waals surface area contributed by atoms with Crippen molar-refractivity contribution < 1.29 is 32.6 Å². The van der Waals surface area contributed by atoms with Gasteiger partial charge >= 0.3 is 5.97 Å². The molecule has 0 aliphatic carbocycles. The number of carbonyl (C=O) groups is 3. The van der Waals surface area contributed by atoms with Crippen LogP contribution < -0.4 is 15.8 Å². The maximum absolute atomic E-state index is 13.6. The molecular formula is C20H18F2N4O5S. The molecular weight excluding hydrogens is 446 g/mol. The van der Waals surface area contributed by atoms with Crippen molar-refractivity contribution in [1.82, 2.24) is 9.78 Å². The van der Waals surface area contributed by atoms with E-state index in [0.29, 0.717) is 11.6 Å². The van der Waals surface area contributed by atoms with Crippen LogP contribution in [-0.2, 0) is 11.5 Å². The fraction of sp³-hybridized carbons (Fsp3) is 0.200. The Hall–Kier alpha value is -3.80. The summed E-state index contributed by atoms with van der Waals surface area (Å²) in [5.41, 5.74) is 5.65. The molecule has 0 fully saturated rings. The molecule has 0 spiro atoms. The van der Waals surface area contributed by atoms with Gasteiger partial charge in [-0.05, 0) is 37.6 Å². The Labute approximate surface area is 184 Å². The van der Waals surface area contributed by atoms with Crippen LogP contribution in [0, 0.1) is 18.6 Å². The molecule has 12 heteroatoms. The van der Waals surface area contributed by atoms with Gasteiger partial charge in [-0.25, -0.2) is 18.3 Å². The van der Waals surface area contributed by atoms with Gasteiger partial charge in [0.2, 0.25) is 0 Å². The van der Waals surface area contributed by atoms with E-state index in [0.717, 1.165) is 23.5 Å². The van der Waals surface area contributed by atoms with Gasteiger partial charge in [0.05, 0.1) is 17.0 Å². The summed E-state index contributed by atoms with van der Waals surface area (Å²) in [5, 5.41) is 6.66. The molecule has 1 aromatic carbocycles. The first kappa shape index (κ1) is 22.9. The minimum atomic E-state index is -0.875. The zero-order valence-electron chi connectivity index (χ0n) is 17.0. The van der Waals surface area contributed by atoms with Gasteiger partial charge in [-0.2, -0.15) is 5.10 Å². The lowest BCUT2D eigenvalue weighted by Gasteiger charge is -2.07. The van der Waals surface area contributed by atoms with E-state index in [2.05, 4.69) is 10.4 Å². The summed E-state index contributed by atoms with van der Waals surface area (Å²) in [6, 6.07) is 4.24. The lowest BCUT2D eigenvalue weighted by Crippen LogP contribution is -2.16. The third kappa shape index (κ3) is 4.91. The highest BCUT2D eigenvalue weighted by molar-refractivity contribution is 7.18. The van der Waals surface area contributed by atoms with Crippen molar-refractivity contribution in [2.75, 3.05) is 11.9 Å². The maximum atomic E-state index is 13.6. The van der Waals surface area contributed by atoms with E-state index in [9.17, 15) is 23.2 Å². The van der Waals surface area contributed by atoms with Crippen LogP contribution in [0.1, 0.15) is 43.0 Å². The van der Waals surface area contributed by atoms with Crippen molar-refractivity contribution in [2.24, 2.45) is 5.73 Å². The maximum Gasteiger partial charge on any atom is 0.341 e. The minimum absolute atomic E-state index is 0.0327. The van der Waals surface area contributed by atoms with Crippen LogP contribution in [0.3, 0.4) is 0 Å². The molecule has 2 amide bonds. The lowest BCUT2D eigenvalue weighted by molar-refractivity contribution is 0.0527. The van der Waals surface area contributed by atoms with Gasteiger partial charge in [0.25, 0.3) is 11.8 Å². The van der Waals surface area contributed by atoms with Gasteiger partial charge in [0.1, 0.15) is 10.8 Å². The van der Waals surface area contributed by atoms with Crippen molar-refractivity contribution in [2.45, 2.75) is 20.6 Å². The van der Waals surface area contributed by atoms with Crippen molar-refractivity contribution in [3.8, 4) is 5.75 Å². The number of benzene rings is 1. The highest BCUT2D eigenvalue weighted by atomic mass is 32.1. The Morgan fingerprint density at radius 3 is 2.66 bits per heavy atom. The van der Waals surface area contributed by atoms with Crippen LogP contribution in [0.25, 0.3) is 0 Å². The number of hydrogen-bond donors (Lipinski definition) is 2. The average Bonchev–Trinajstić information content (AvgIpc) is 3.32. The van der Waals surface area contributed by atoms with Crippen LogP contribution in [-0.4, -0.2) is 34.2 Å². The topological polar surface area (TPSA) is 126 Å². The molecule has 2 heterocycles. The third-order valence-electron chi connectivity index (χ3n) is 4.20. The number of halogens is 2. The van der Waals surface area contributed by atoms with E-state index in [1.54, 1.807) is 6.92 Å². The number of primary amides is 1. The molecule has 0 atom stereocenters. The Morgan fingerprint density at radius 2 is 2.00 bits per heavy atom. The number of nitrogens with one attached hydrogen (secondary N) is 1. The molecule has 0 aliphatic heterocycles. The highest BCUT2D eigenvalue weighted by Gasteiger charge is 2.26. The molecule has 3 rings (SSSR count). The number of anilines is 1. The molecule has 2 aromatic heterocycles. The Morgan fingerprint density at radius 1 is 1.25 bits per heavy atom. The van der Waals surface area contributed by atoms with Gasteiger partial charge in [0.15, 0.2) is 24.0 Å². The molecule has 0 saturated carbocycles. The van der Waals surface area contributed by atoms with Crippen LogP contribution in [0.4, 0.5) is 13.8 Å². The van der Waals surface area contributed by atoms with E-state index in [4.69, 9.17) is 15.2 Å². The quantitative estimate of drug-likeness (QED) is 0.494. The number of carbonyl (C=O) groups excluding carboxylic acids is 3. The molecule has 0 unspecified atom stereocenters. The van der Waals surface area contributed by atoms with E-state index < -0.39 is 29.4 Å². The van der Waals surface area contributed by atoms with E-state index in [-0.39, 0.29) is 40.2 Å². The SMILES string of the molecule is CCOC(=O)c1c(NC(=O)c2ccn(COc3ccc(F)cc3F)n2)sc(C(N)=O)c1C. The fourth-order valence-corrected chi connectivity index (χ4v) is 3.78. The molecule has 0 bridgehead atoms. The number of esters is 1. The second kappa shape index (κ2) is 9.56. The van der Waals surface area contributed by atoms with Crippen molar-refractivity contribution in [3.05, 3.63) is 63.8 Å². The van der Waals surface area contributed by atoms with Crippen LogP contribution >= 0.6 is 11.3 Å². The zero-order valence-corrected chi connectivity index (χ0v) is 17.8. The first-order valence-corrected chi connectivity index (χ1v) is 10.1. The van der Waals surface area contributed by atoms with E-state index >= 15 is 0 Å². The summed E-state index contributed by atoms with van der Waals surface area (Å²) in [6.45, 7) is 3.01. The molecule has 32 heavy (non-hydrogen) atoms. The number of aromatic nitrogens is 2. The predicted octanol–water partition coefficient (Wildman–Crippen LogP) is 3.10. The van der Waals surface area contributed by atoms with Gasteiger partial charge < -0.3 is 20.5 Å². The normalized spacial score (nSPS) is 10.6. The first-order chi connectivity index (χ1) is 15.2. The number of hydrogen-bond acceptors (Lipinski definition) is 7. The highest BCUT2D eigenvalue weighted by Crippen LogP contribution is 2.33. The number of thiophene rings is 1. The summed E-state index contributed by atoms with van der Waals surface area (Å²) in [6.07, 6.45) is 1.41. The summed E-state index contributed by atoms with van der Waals surface area (Å²) < 4.78 is 38.1. The van der Waals surface area contributed by atoms with Crippen molar-refractivity contribution in [3.63, 3.8) is 0 Å². The summed E-state index contributed by atoms with van der Waals surface area (Å²) in [4.78, 5) is 36.7. The monoisotopic (exact) mass is 464 g/mol. The van der Waals surface area contributed by atoms with Crippen LogP contribution in [0.5, 0.6) is 5.75 Å². The number of rotatable bonds is 8. The molecule has 3 aromatic rings. The van der Waals surface area contributed by atoms with E-state index in [1.165, 1.54) is 23.9 Å². The van der Waals surface area contributed by atoms with Gasteiger partial charge in [-0.15, -0.1) is 11.3 Å². The Bertz CT molecular complexity index is 1190. The van der Waals surface area contributed by atoms with Crippen LogP contribution in [0.2, 0.25) is 0 Å². The fourth-order valence-electron chi connectivity index (χ4n) is 2.74. The largest absolute Gasteiger partial charge is 0.468 e. The van der Waals surface area contributed by atoms with E-state index in [1.807, 2.05) is 0 Å². The number of nitrogens with zero attached hydrogens (tertiary/aromatic N) is 2. The standard InChI is InChI=1S/C20H18F2N4O5S/c1-3-30-20(29)15-10(2)16(17(23)27)32-19(15)24-18(28)13-6-7-26(25-13)9-31-14-5-4-11(21)8-12(14)22/h4-8H,3,9H2,1-2H3,(H2,23,27)(H,24,28). The second-order valence-corrected chi connectivity index (χ2v) is 7.41. The minimum Gasteiger partial charge on any atom is -0.468 e. The predicted molar refractivity (Wildman–Crippen MR) is 111 cm³/mol. The van der Waals surface area contributed by atoms with Crippen LogP contribution in [0.15, 0.2) is 30.5 Å². The molecule has 0 radical (unpaired) electrons. The van der Waals surface area contributed by atoms with Gasteiger partial charge in [-0.1, -0.05) is 0 Å². The Kier molecular flexibility index (Phi) is 6.83. The third-order valence-corrected chi connectivity index (χ3v) is 5.42. The number of amides is 2. The van der Waals surface area contributed by atoms with Gasteiger partial charge in [0, 0.05) is 12.3 Å². The Balaban J connectivity index is 1.75. The zero-order chi connectivity index (χ0) is 23.4. The summed E-state index contributed by atoms with van der Waals surface area (Å²) >= 11 is 0.850. The van der Waals surface area contributed by atoms with Crippen molar-refractivity contribution >= 4 is 34.1 Å². The van der Waals surface area contributed by atoms with Crippen molar-refractivity contribution in [1.29, 1.82) is 0 Å². The molecule has 3 N–H and O–H groups in total. The molecule has 0 saturated heterocycles. The molecule has 168 valence electrons. The number of ether oxygens (including phenoxy) is 2. The molecule has 9 nitrogen and oxygen atoms in total. The summed E-state index contributed by atoms with van der Waals surface area (Å²) in [5.74, 6) is -3.91. The first-order valence-electron chi connectivity index (χ1n) is 9.24. The smallest absolute Gasteiger partial charge is 0.341 e. The summed E-state index contributed by atoms with van der Waals surface area (Å²) in [7, 11) is 0.